The Morgan fingerprint density at radius 1 is 1.27 bits per heavy atom. The lowest BCUT2D eigenvalue weighted by Gasteiger charge is -2.16. The van der Waals surface area contributed by atoms with Gasteiger partial charge in [0.2, 0.25) is 0 Å². The summed E-state index contributed by atoms with van der Waals surface area (Å²) in [4.78, 5) is 1.83. The first-order valence-electron chi connectivity index (χ1n) is 3.56. The minimum atomic E-state index is 0.552. The first-order valence-corrected chi connectivity index (χ1v) is 3.56. The topological polar surface area (TPSA) is 27.1 Å². The Morgan fingerprint density at radius 2 is 1.82 bits per heavy atom. The predicted octanol–water partition coefficient (Wildman–Crippen LogP) is 2.12. The van der Waals surface area contributed by atoms with E-state index in [9.17, 15) is 0 Å². The number of hydrogen-bond donors (Lipinski definition) is 1. The molecule has 0 aliphatic heterocycles. The molecule has 0 bridgehead atoms. The lowest BCUT2D eigenvalue weighted by atomic mass is 10.3. The van der Waals surface area contributed by atoms with E-state index in [1.807, 2.05) is 42.3 Å². The van der Waals surface area contributed by atoms with Gasteiger partial charge in [-0.15, -0.1) is 0 Å². The zero-order chi connectivity index (χ0) is 8.27. The summed E-state index contributed by atoms with van der Waals surface area (Å²) in [6, 6.07) is 9.87. The first kappa shape index (κ1) is 7.79. The average Bonchev–Trinajstić information content (AvgIpc) is 2.05. The van der Waals surface area contributed by atoms with Gasteiger partial charge in [-0.05, 0) is 19.1 Å². The quantitative estimate of drug-likeness (QED) is 0.479. The highest BCUT2D eigenvalue weighted by atomic mass is 15.1. The van der Waals surface area contributed by atoms with Crippen LogP contribution >= 0.6 is 0 Å². The summed E-state index contributed by atoms with van der Waals surface area (Å²) in [5.41, 5.74) is 1.06. The highest BCUT2D eigenvalue weighted by Crippen LogP contribution is 2.10. The summed E-state index contributed by atoms with van der Waals surface area (Å²) < 4.78 is 0. The van der Waals surface area contributed by atoms with Gasteiger partial charge in [-0.1, -0.05) is 18.2 Å². The molecule has 2 heteroatoms. The second-order valence-electron chi connectivity index (χ2n) is 2.48. The van der Waals surface area contributed by atoms with Crippen molar-refractivity contribution in [2.24, 2.45) is 0 Å². The monoisotopic (exact) mass is 148 g/mol. The van der Waals surface area contributed by atoms with Crippen LogP contribution in [0, 0.1) is 5.41 Å². The van der Waals surface area contributed by atoms with Crippen LogP contribution in [-0.2, 0) is 0 Å². The molecule has 1 rings (SSSR count). The number of hydrogen-bond acceptors (Lipinski definition) is 1. The highest BCUT2D eigenvalue weighted by Gasteiger charge is 1.98. The van der Waals surface area contributed by atoms with Crippen molar-refractivity contribution in [3.05, 3.63) is 30.3 Å². The van der Waals surface area contributed by atoms with E-state index < -0.39 is 0 Å². The van der Waals surface area contributed by atoms with Crippen molar-refractivity contribution in [1.29, 1.82) is 5.41 Å². The van der Waals surface area contributed by atoms with Gasteiger partial charge < -0.3 is 4.90 Å². The molecule has 1 aromatic rings. The van der Waals surface area contributed by atoms with Crippen LogP contribution in [-0.4, -0.2) is 12.9 Å². The Morgan fingerprint density at radius 3 is 2.27 bits per heavy atom. The van der Waals surface area contributed by atoms with Crippen LogP contribution in [0.15, 0.2) is 30.3 Å². The summed E-state index contributed by atoms with van der Waals surface area (Å²) >= 11 is 0. The van der Waals surface area contributed by atoms with Crippen molar-refractivity contribution >= 4 is 11.5 Å². The number of rotatable bonds is 1. The van der Waals surface area contributed by atoms with Gasteiger partial charge >= 0.3 is 0 Å². The molecular formula is C9H12N2. The van der Waals surface area contributed by atoms with Crippen LogP contribution in [0.5, 0.6) is 0 Å². The summed E-state index contributed by atoms with van der Waals surface area (Å²) in [5.74, 6) is 0.552. The van der Waals surface area contributed by atoms with Crippen molar-refractivity contribution in [1.82, 2.24) is 0 Å². The first-order chi connectivity index (χ1) is 5.22. The Bertz CT molecular complexity index is 241. The second-order valence-corrected chi connectivity index (χ2v) is 2.48. The van der Waals surface area contributed by atoms with Gasteiger partial charge in [0.15, 0.2) is 0 Å². The number of amidine groups is 1. The Balaban J connectivity index is 2.85. The number of anilines is 1. The molecule has 0 amide bonds. The van der Waals surface area contributed by atoms with E-state index in [-0.39, 0.29) is 0 Å². The van der Waals surface area contributed by atoms with E-state index in [2.05, 4.69) is 0 Å². The molecular weight excluding hydrogens is 136 g/mol. The predicted molar refractivity (Wildman–Crippen MR) is 48.2 cm³/mol. The molecule has 0 radical (unpaired) electrons. The SMILES string of the molecule is CC(=N)N(C)c1ccccc1. The van der Waals surface area contributed by atoms with Crippen LogP contribution in [0.4, 0.5) is 5.69 Å². The van der Waals surface area contributed by atoms with Crippen molar-refractivity contribution in [3.8, 4) is 0 Å². The van der Waals surface area contributed by atoms with Gasteiger partial charge in [-0.3, -0.25) is 5.41 Å². The summed E-state index contributed by atoms with van der Waals surface area (Å²) in [6.07, 6.45) is 0. The smallest absolute Gasteiger partial charge is 0.0967 e. The molecule has 0 heterocycles. The lowest BCUT2D eigenvalue weighted by Crippen LogP contribution is -2.21. The maximum Gasteiger partial charge on any atom is 0.0967 e. The number of para-hydroxylation sites is 1. The van der Waals surface area contributed by atoms with Crippen LogP contribution < -0.4 is 4.90 Å². The normalized spacial score (nSPS) is 9.27. The minimum absolute atomic E-state index is 0.552. The van der Waals surface area contributed by atoms with E-state index in [4.69, 9.17) is 5.41 Å². The van der Waals surface area contributed by atoms with E-state index in [0.29, 0.717) is 5.84 Å². The summed E-state index contributed by atoms with van der Waals surface area (Å²) in [5, 5.41) is 7.36. The van der Waals surface area contributed by atoms with Crippen molar-refractivity contribution in [3.63, 3.8) is 0 Å². The van der Waals surface area contributed by atoms with E-state index >= 15 is 0 Å². The standard InChI is InChI=1S/C9H12N2/c1-8(10)11(2)9-6-4-3-5-7-9/h3-7,10H,1-2H3. The van der Waals surface area contributed by atoms with Crippen molar-refractivity contribution < 1.29 is 0 Å². The molecule has 1 N–H and O–H groups in total. The van der Waals surface area contributed by atoms with E-state index in [1.165, 1.54) is 0 Å². The number of nitrogens with zero attached hydrogens (tertiary/aromatic N) is 1. The zero-order valence-corrected chi connectivity index (χ0v) is 6.83. The van der Waals surface area contributed by atoms with Crippen LogP contribution in [0.2, 0.25) is 0 Å². The molecule has 0 aliphatic carbocycles. The largest absolute Gasteiger partial charge is 0.334 e. The maximum atomic E-state index is 7.36. The van der Waals surface area contributed by atoms with Gasteiger partial charge in [0.1, 0.15) is 0 Å². The molecule has 2 nitrogen and oxygen atoms in total. The molecule has 0 aromatic heterocycles. The van der Waals surface area contributed by atoms with Gasteiger partial charge in [0.05, 0.1) is 5.84 Å². The molecule has 0 fully saturated rings. The Hall–Kier alpha value is -1.31. The van der Waals surface area contributed by atoms with Crippen molar-refractivity contribution in [2.45, 2.75) is 6.92 Å². The van der Waals surface area contributed by atoms with Crippen LogP contribution in [0.25, 0.3) is 0 Å². The van der Waals surface area contributed by atoms with Crippen molar-refractivity contribution in [2.75, 3.05) is 11.9 Å². The van der Waals surface area contributed by atoms with Crippen LogP contribution in [0.1, 0.15) is 6.92 Å². The molecule has 0 atom stereocenters. The number of benzene rings is 1. The molecule has 11 heavy (non-hydrogen) atoms. The Labute approximate surface area is 67.0 Å². The third kappa shape index (κ3) is 1.80. The molecule has 0 spiro atoms. The van der Waals surface area contributed by atoms with Gasteiger partial charge in [-0.25, -0.2) is 0 Å². The fourth-order valence-electron chi connectivity index (χ4n) is 0.845. The third-order valence-electron chi connectivity index (χ3n) is 1.65. The summed E-state index contributed by atoms with van der Waals surface area (Å²) in [7, 11) is 1.89. The molecule has 0 saturated heterocycles. The lowest BCUT2D eigenvalue weighted by molar-refractivity contribution is 1.21. The molecule has 0 saturated carbocycles. The average molecular weight is 148 g/mol. The molecule has 1 aromatic carbocycles. The zero-order valence-electron chi connectivity index (χ0n) is 6.83. The third-order valence-corrected chi connectivity index (χ3v) is 1.65. The van der Waals surface area contributed by atoms with Crippen LogP contribution in [0.3, 0.4) is 0 Å². The maximum absolute atomic E-state index is 7.36. The van der Waals surface area contributed by atoms with E-state index in [1.54, 1.807) is 6.92 Å². The fourth-order valence-corrected chi connectivity index (χ4v) is 0.845. The minimum Gasteiger partial charge on any atom is -0.334 e. The Kier molecular flexibility index (Phi) is 2.26. The fraction of sp³-hybridized carbons (Fsp3) is 0.222. The second kappa shape index (κ2) is 3.19. The highest BCUT2D eigenvalue weighted by molar-refractivity contribution is 5.92. The number of nitrogens with one attached hydrogen (secondary N) is 1. The molecule has 0 aliphatic rings. The van der Waals surface area contributed by atoms with Gasteiger partial charge in [-0.2, -0.15) is 0 Å². The van der Waals surface area contributed by atoms with Gasteiger partial charge in [0, 0.05) is 12.7 Å². The molecule has 58 valence electrons. The molecule has 0 unspecified atom stereocenters. The van der Waals surface area contributed by atoms with E-state index in [0.717, 1.165) is 5.69 Å². The van der Waals surface area contributed by atoms with Gasteiger partial charge in [0.25, 0.3) is 0 Å². The summed E-state index contributed by atoms with van der Waals surface area (Å²) in [6.45, 7) is 1.77.